The van der Waals surface area contributed by atoms with Gasteiger partial charge in [0.15, 0.2) is 11.6 Å². The minimum Gasteiger partial charge on any atom is -0.309 e. The van der Waals surface area contributed by atoms with E-state index >= 15 is 0 Å². The Bertz CT molecular complexity index is 415. The fourth-order valence-corrected chi connectivity index (χ4v) is 2.01. The van der Waals surface area contributed by atoms with Gasteiger partial charge in [0.25, 0.3) is 0 Å². The minimum atomic E-state index is -4.30. The van der Waals surface area contributed by atoms with Gasteiger partial charge in [-0.1, -0.05) is 12.1 Å². The number of rotatable bonds is 1. The number of hydrogen-bond donors (Lipinski definition) is 1. The Balaban J connectivity index is 2.18. The van der Waals surface area contributed by atoms with E-state index in [1.165, 1.54) is 12.1 Å². The number of halogens is 5. The molecule has 0 saturated carbocycles. The quantitative estimate of drug-likeness (QED) is 0.756. The van der Waals surface area contributed by atoms with Gasteiger partial charge >= 0.3 is 6.18 Å². The van der Waals surface area contributed by atoms with Gasteiger partial charge in [0.2, 0.25) is 0 Å². The molecule has 1 aromatic carbocycles. The van der Waals surface area contributed by atoms with E-state index in [2.05, 4.69) is 5.32 Å². The normalized spacial score (nSPS) is 25.2. The highest BCUT2D eigenvalue weighted by molar-refractivity contribution is 5.23. The van der Waals surface area contributed by atoms with Crippen molar-refractivity contribution in [3.05, 3.63) is 35.4 Å². The van der Waals surface area contributed by atoms with Gasteiger partial charge in [0.05, 0.1) is 5.92 Å². The Morgan fingerprint density at radius 3 is 2.47 bits per heavy atom. The van der Waals surface area contributed by atoms with Crippen LogP contribution in [0.5, 0.6) is 0 Å². The SMILES string of the molecule is Fc1cccc(C2CC(C(F)(F)F)CN2)c1F. The largest absolute Gasteiger partial charge is 0.393 e. The maximum absolute atomic E-state index is 13.4. The van der Waals surface area contributed by atoms with Gasteiger partial charge < -0.3 is 5.32 Å². The zero-order valence-electron chi connectivity index (χ0n) is 8.69. The highest BCUT2D eigenvalue weighted by atomic mass is 19.4. The lowest BCUT2D eigenvalue weighted by Crippen LogP contribution is -2.24. The van der Waals surface area contributed by atoms with Crippen molar-refractivity contribution in [2.24, 2.45) is 5.92 Å². The van der Waals surface area contributed by atoms with Crippen LogP contribution in [0, 0.1) is 17.6 Å². The summed E-state index contributed by atoms with van der Waals surface area (Å²) in [7, 11) is 0. The minimum absolute atomic E-state index is 0.0447. The zero-order valence-corrected chi connectivity index (χ0v) is 8.69. The second-order valence-electron chi connectivity index (χ2n) is 4.08. The van der Waals surface area contributed by atoms with Crippen molar-refractivity contribution >= 4 is 0 Å². The second-order valence-corrected chi connectivity index (χ2v) is 4.08. The summed E-state index contributed by atoms with van der Waals surface area (Å²) in [5, 5.41) is 2.57. The van der Waals surface area contributed by atoms with Crippen LogP contribution >= 0.6 is 0 Å². The molecule has 2 unspecified atom stereocenters. The van der Waals surface area contributed by atoms with Gasteiger partial charge in [0, 0.05) is 18.2 Å². The van der Waals surface area contributed by atoms with Gasteiger partial charge in [-0.05, 0) is 12.5 Å². The zero-order chi connectivity index (χ0) is 12.6. The average Bonchev–Trinajstić information content (AvgIpc) is 2.70. The summed E-state index contributed by atoms with van der Waals surface area (Å²) >= 11 is 0. The molecule has 0 aromatic heterocycles. The third-order valence-corrected chi connectivity index (χ3v) is 2.95. The first-order chi connectivity index (χ1) is 7.89. The number of hydrogen-bond acceptors (Lipinski definition) is 1. The van der Waals surface area contributed by atoms with E-state index in [0.717, 1.165) is 6.07 Å². The molecule has 0 amide bonds. The molecule has 6 heteroatoms. The van der Waals surface area contributed by atoms with Crippen molar-refractivity contribution in [1.82, 2.24) is 5.32 Å². The van der Waals surface area contributed by atoms with E-state index in [1.54, 1.807) is 0 Å². The van der Waals surface area contributed by atoms with Gasteiger partial charge in [0.1, 0.15) is 0 Å². The summed E-state index contributed by atoms with van der Waals surface area (Å²) in [6, 6.07) is 2.75. The van der Waals surface area contributed by atoms with Crippen molar-refractivity contribution in [2.45, 2.75) is 18.6 Å². The molecule has 1 N–H and O–H groups in total. The van der Waals surface area contributed by atoms with Crippen LogP contribution in [0.15, 0.2) is 18.2 Å². The third kappa shape index (κ3) is 2.41. The van der Waals surface area contributed by atoms with Crippen LogP contribution in [-0.2, 0) is 0 Å². The van der Waals surface area contributed by atoms with Gasteiger partial charge in [-0.2, -0.15) is 13.2 Å². The van der Waals surface area contributed by atoms with E-state index in [0.29, 0.717) is 0 Å². The molecule has 1 heterocycles. The standard InChI is InChI=1S/C11H10F5N/c12-8-3-1-2-7(10(8)13)9-4-6(5-17-9)11(14,15)16/h1-3,6,9,17H,4-5H2. The smallest absolute Gasteiger partial charge is 0.309 e. The Morgan fingerprint density at radius 1 is 1.18 bits per heavy atom. The summed E-state index contributed by atoms with van der Waals surface area (Å²) in [5.41, 5.74) is -0.0447. The Labute approximate surface area is 94.6 Å². The van der Waals surface area contributed by atoms with Crippen molar-refractivity contribution in [3.8, 4) is 0 Å². The molecule has 1 nitrogen and oxygen atoms in total. The summed E-state index contributed by atoms with van der Waals surface area (Å²) in [6.45, 7) is -0.260. The molecule has 0 radical (unpaired) electrons. The topological polar surface area (TPSA) is 12.0 Å². The number of benzene rings is 1. The lowest BCUT2D eigenvalue weighted by Gasteiger charge is -2.14. The molecule has 1 aliphatic rings. The van der Waals surface area contributed by atoms with Crippen LogP contribution in [0.2, 0.25) is 0 Å². The monoisotopic (exact) mass is 251 g/mol. The van der Waals surface area contributed by atoms with Crippen molar-refractivity contribution in [2.75, 3.05) is 6.54 Å². The van der Waals surface area contributed by atoms with Crippen LogP contribution < -0.4 is 5.32 Å². The first-order valence-corrected chi connectivity index (χ1v) is 5.13. The molecule has 2 atom stereocenters. The molecular formula is C11H10F5N. The molecule has 1 aliphatic heterocycles. The summed E-state index contributed by atoms with van der Waals surface area (Å²) in [6.07, 6.45) is -4.56. The van der Waals surface area contributed by atoms with Crippen LogP contribution in [0.3, 0.4) is 0 Å². The lowest BCUT2D eigenvalue weighted by atomic mass is 9.99. The first-order valence-electron chi connectivity index (χ1n) is 5.13. The van der Waals surface area contributed by atoms with Crippen molar-refractivity contribution < 1.29 is 22.0 Å². The van der Waals surface area contributed by atoms with E-state index in [-0.39, 0.29) is 18.5 Å². The highest BCUT2D eigenvalue weighted by Gasteiger charge is 2.44. The molecule has 0 bridgehead atoms. The fraction of sp³-hybridized carbons (Fsp3) is 0.455. The summed E-state index contributed by atoms with van der Waals surface area (Å²) in [5.74, 6) is -3.62. The van der Waals surface area contributed by atoms with E-state index in [4.69, 9.17) is 0 Å². The molecule has 1 fully saturated rings. The van der Waals surface area contributed by atoms with Crippen molar-refractivity contribution in [1.29, 1.82) is 0 Å². The Kier molecular flexibility index (Phi) is 3.07. The Morgan fingerprint density at radius 2 is 1.88 bits per heavy atom. The highest BCUT2D eigenvalue weighted by Crippen LogP contribution is 2.38. The summed E-state index contributed by atoms with van der Waals surface area (Å²) < 4.78 is 63.6. The van der Waals surface area contributed by atoms with Gasteiger partial charge in [-0.15, -0.1) is 0 Å². The van der Waals surface area contributed by atoms with Crippen LogP contribution in [0.1, 0.15) is 18.0 Å². The van der Waals surface area contributed by atoms with Gasteiger partial charge in [-0.3, -0.25) is 0 Å². The first kappa shape index (κ1) is 12.3. The molecule has 1 aromatic rings. The average molecular weight is 251 g/mol. The summed E-state index contributed by atoms with van der Waals surface area (Å²) in [4.78, 5) is 0. The predicted octanol–water partition coefficient (Wildman–Crippen LogP) is 3.18. The van der Waals surface area contributed by atoms with Crippen molar-refractivity contribution in [3.63, 3.8) is 0 Å². The maximum atomic E-state index is 13.4. The lowest BCUT2D eigenvalue weighted by molar-refractivity contribution is -0.169. The maximum Gasteiger partial charge on any atom is 0.393 e. The van der Waals surface area contributed by atoms with Crippen LogP contribution in [0.4, 0.5) is 22.0 Å². The third-order valence-electron chi connectivity index (χ3n) is 2.95. The molecular weight excluding hydrogens is 241 g/mol. The Hall–Kier alpha value is -1.17. The molecule has 94 valence electrons. The van der Waals surface area contributed by atoms with E-state index in [1.807, 2.05) is 0 Å². The van der Waals surface area contributed by atoms with E-state index < -0.39 is 29.8 Å². The van der Waals surface area contributed by atoms with Gasteiger partial charge in [-0.25, -0.2) is 8.78 Å². The molecule has 2 rings (SSSR count). The molecule has 0 aliphatic carbocycles. The molecule has 17 heavy (non-hydrogen) atoms. The predicted molar refractivity (Wildman–Crippen MR) is 51.3 cm³/mol. The number of alkyl halides is 3. The molecule has 1 saturated heterocycles. The van der Waals surface area contributed by atoms with Crippen LogP contribution in [0.25, 0.3) is 0 Å². The second kappa shape index (κ2) is 4.25. The fourth-order valence-electron chi connectivity index (χ4n) is 2.01. The van der Waals surface area contributed by atoms with Crippen LogP contribution in [-0.4, -0.2) is 12.7 Å². The van der Waals surface area contributed by atoms with E-state index in [9.17, 15) is 22.0 Å². The number of nitrogens with one attached hydrogen (secondary N) is 1. The molecule has 0 spiro atoms.